The molecular formula is C63H106FN3O2. The van der Waals surface area contributed by atoms with Gasteiger partial charge in [-0.25, -0.2) is 9.37 Å². The van der Waals surface area contributed by atoms with Crippen LogP contribution in [0.25, 0.3) is 11.3 Å². The van der Waals surface area contributed by atoms with Crippen molar-refractivity contribution in [1.82, 2.24) is 4.98 Å². The van der Waals surface area contributed by atoms with E-state index >= 15 is 4.39 Å². The van der Waals surface area contributed by atoms with Gasteiger partial charge in [-0.1, -0.05) is 173 Å². The molecule has 0 aliphatic heterocycles. The van der Waals surface area contributed by atoms with Gasteiger partial charge >= 0.3 is 0 Å². The van der Waals surface area contributed by atoms with Gasteiger partial charge in [0.25, 0.3) is 0 Å². The first kappa shape index (κ1) is 65.3. The molecule has 2 fully saturated rings. The highest BCUT2D eigenvalue weighted by atomic mass is 19.1. The fraction of sp³-hybridized carbons (Fsp3) is 0.683. The zero-order valence-electron chi connectivity index (χ0n) is 48.2. The molecule has 5 nitrogen and oxygen atoms in total. The van der Waals surface area contributed by atoms with Crippen LogP contribution < -0.4 is 5.32 Å². The molecule has 69 heavy (non-hydrogen) atoms. The maximum atomic E-state index is 15.0. The summed E-state index contributed by atoms with van der Waals surface area (Å²) in [5.74, 6) is 4.03. The highest BCUT2D eigenvalue weighted by molar-refractivity contribution is 5.92. The molecule has 0 bridgehead atoms. The van der Waals surface area contributed by atoms with Crippen molar-refractivity contribution in [2.45, 2.75) is 246 Å². The Hall–Kier alpha value is -3.67. The number of aliphatic imine (C=N–C) groups is 1. The van der Waals surface area contributed by atoms with Crippen molar-refractivity contribution in [3.63, 3.8) is 0 Å². The zero-order valence-corrected chi connectivity index (χ0v) is 48.2. The standard InChI is InChI=1S/C36H50FN3O.C9H18.C8H16.C6H12O.C4H10/c1-10-15-17-30(37)31(16-11-2)39-35-27(9)32(38-22-14-5)24-33(40-35)28-18-19-29(26(8)23-28)36(20-12-3,21-13-4)34(41)25(6)7;1-3-5-6-9(4-2)7-8-9;1-3-4-8-5-7(2)6-8;1-4-5(2)6(3)7;1-4(2)3/h11,15-19,22-25H,10,12-14,20-21H2,1-9H3,(H,39,40);3-8H2,1-2H3;7-8H,3-6H2,1-2H3;5H,4H2,1-3H3;4H,1-3H3/b16-11-,17-15+,31-30-,38-22?;;;;. The van der Waals surface area contributed by atoms with Crippen LogP contribution in [0.5, 0.6) is 0 Å². The highest BCUT2D eigenvalue weighted by Gasteiger charge is 2.41. The number of pyridine rings is 1. The minimum Gasteiger partial charge on any atom is -0.338 e. The summed E-state index contributed by atoms with van der Waals surface area (Å²) in [5, 5.41) is 3.23. The smallest absolute Gasteiger partial charge is 0.146 e. The monoisotopic (exact) mass is 956 g/mol. The summed E-state index contributed by atoms with van der Waals surface area (Å²) in [6.07, 6.45) is 29.4. The second-order valence-electron chi connectivity index (χ2n) is 21.4. The number of halogens is 1. The molecule has 1 N–H and O–H groups in total. The Balaban J connectivity index is 0.00000131. The van der Waals surface area contributed by atoms with Crippen molar-refractivity contribution < 1.29 is 14.0 Å². The number of carbonyl (C=O) groups is 2. The van der Waals surface area contributed by atoms with Gasteiger partial charge in [-0.05, 0) is 150 Å². The van der Waals surface area contributed by atoms with E-state index in [1.165, 1.54) is 70.3 Å². The van der Waals surface area contributed by atoms with Gasteiger partial charge in [0.2, 0.25) is 0 Å². The summed E-state index contributed by atoms with van der Waals surface area (Å²) >= 11 is 0. The van der Waals surface area contributed by atoms with Crippen molar-refractivity contribution in [2.24, 2.45) is 40.0 Å². The molecule has 392 valence electrons. The summed E-state index contributed by atoms with van der Waals surface area (Å²) in [6, 6.07) is 8.31. The van der Waals surface area contributed by atoms with Crippen molar-refractivity contribution in [1.29, 1.82) is 0 Å². The number of Topliss-reactive ketones (excluding diaryl/α,β-unsaturated/α-hetero) is 2. The normalized spacial score (nSPS) is 16.8. The van der Waals surface area contributed by atoms with Crippen molar-refractivity contribution in [3.05, 3.63) is 76.8 Å². The first-order chi connectivity index (χ1) is 32.7. The number of hydrogen-bond donors (Lipinski definition) is 1. The van der Waals surface area contributed by atoms with Crippen LogP contribution in [-0.2, 0) is 15.0 Å². The first-order valence-corrected chi connectivity index (χ1v) is 27.8. The number of rotatable bonds is 23. The van der Waals surface area contributed by atoms with Crippen LogP contribution in [0, 0.1) is 48.9 Å². The number of unbranched alkanes of at least 4 members (excludes halogenated alkanes) is 1. The summed E-state index contributed by atoms with van der Waals surface area (Å²) in [5.41, 5.74) is 6.20. The molecule has 1 atom stereocenters. The summed E-state index contributed by atoms with van der Waals surface area (Å²) in [7, 11) is 0. The minimum absolute atomic E-state index is 0.0365. The fourth-order valence-electron chi connectivity index (χ4n) is 9.02. The molecule has 2 aliphatic rings. The van der Waals surface area contributed by atoms with Crippen LogP contribution in [-0.4, -0.2) is 22.8 Å². The van der Waals surface area contributed by atoms with E-state index in [0.29, 0.717) is 23.1 Å². The van der Waals surface area contributed by atoms with E-state index in [4.69, 9.17) is 9.98 Å². The van der Waals surface area contributed by atoms with Crippen LogP contribution in [0.4, 0.5) is 15.9 Å². The number of nitrogens with one attached hydrogen (secondary N) is 1. The van der Waals surface area contributed by atoms with E-state index in [1.807, 2.05) is 67.7 Å². The lowest BCUT2D eigenvalue weighted by Gasteiger charge is -2.36. The topological polar surface area (TPSA) is 71.4 Å². The quantitative estimate of drug-likeness (QED) is 0.0890. The van der Waals surface area contributed by atoms with Gasteiger partial charge in [-0.15, -0.1) is 0 Å². The molecule has 1 unspecified atom stereocenters. The molecule has 1 aromatic heterocycles. The average Bonchev–Trinajstić information content (AvgIpc) is 4.09. The Bertz CT molecular complexity index is 1860. The number of hydrogen-bond acceptors (Lipinski definition) is 5. The van der Waals surface area contributed by atoms with Crippen LogP contribution in [0.3, 0.4) is 0 Å². The van der Waals surface area contributed by atoms with Gasteiger partial charge < -0.3 is 5.32 Å². The first-order valence-electron chi connectivity index (χ1n) is 27.8. The molecule has 2 saturated carbocycles. The van der Waals surface area contributed by atoms with Gasteiger partial charge in [0.15, 0.2) is 0 Å². The maximum Gasteiger partial charge on any atom is 0.146 e. The molecule has 0 amide bonds. The summed E-state index contributed by atoms with van der Waals surface area (Å²) in [6.45, 7) is 39.6. The third-order valence-electron chi connectivity index (χ3n) is 13.6. The van der Waals surface area contributed by atoms with Crippen LogP contribution in [0.15, 0.2) is 65.1 Å². The largest absolute Gasteiger partial charge is 0.338 e. The van der Waals surface area contributed by atoms with E-state index in [9.17, 15) is 9.59 Å². The number of carbonyl (C=O) groups excluding carboxylic acids is 2. The number of nitrogens with zero attached hydrogens (tertiary/aromatic N) is 2. The second kappa shape index (κ2) is 35.4. The van der Waals surface area contributed by atoms with E-state index in [0.717, 1.165) is 102 Å². The van der Waals surface area contributed by atoms with E-state index in [2.05, 4.69) is 92.8 Å². The third kappa shape index (κ3) is 23.9. The molecule has 0 radical (unpaired) electrons. The lowest BCUT2D eigenvalue weighted by Crippen LogP contribution is -2.39. The van der Waals surface area contributed by atoms with E-state index in [-0.39, 0.29) is 17.7 Å². The van der Waals surface area contributed by atoms with Crippen molar-refractivity contribution >= 4 is 29.3 Å². The molecule has 1 aromatic carbocycles. The SMILES string of the molecule is CC(C)C.CCC(C)C(C)=O.CCCC1CC(C)C1.CCCCC1(CC)CC1.C\C=C/C(Nc1nc(-c2ccc(C(CCC)(CCC)C(=O)C(C)C)c(C)c2)cc(N=CCC)c1C)=C(F)\C=C\CC. The molecule has 2 aliphatic carbocycles. The number of ketones is 2. The summed E-state index contributed by atoms with van der Waals surface area (Å²) in [4.78, 5) is 33.7. The molecule has 2 aromatic rings. The lowest BCUT2D eigenvalue weighted by atomic mass is 9.66. The van der Waals surface area contributed by atoms with Gasteiger partial charge in [-0.2, -0.15) is 0 Å². The molecule has 6 heteroatoms. The fourth-order valence-corrected chi connectivity index (χ4v) is 9.02. The van der Waals surface area contributed by atoms with Crippen LogP contribution in [0.1, 0.15) is 244 Å². The molecule has 0 saturated heterocycles. The predicted molar refractivity (Wildman–Crippen MR) is 304 cm³/mol. The van der Waals surface area contributed by atoms with Gasteiger partial charge in [0.05, 0.1) is 22.5 Å². The second-order valence-corrected chi connectivity index (χ2v) is 21.4. The number of allylic oxidation sites excluding steroid dienone is 5. The molecular weight excluding hydrogens is 850 g/mol. The molecule has 1 heterocycles. The molecule has 4 rings (SSSR count). The Labute approximate surface area is 426 Å². The van der Waals surface area contributed by atoms with E-state index < -0.39 is 5.41 Å². The predicted octanol–water partition coefficient (Wildman–Crippen LogP) is 20.2. The van der Waals surface area contributed by atoms with Crippen LogP contribution in [0.2, 0.25) is 0 Å². The van der Waals surface area contributed by atoms with Gasteiger partial charge in [-0.3, -0.25) is 14.6 Å². The Morgan fingerprint density at radius 3 is 1.90 bits per heavy atom. The maximum absolute atomic E-state index is 15.0. The van der Waals surface area contributed by atoms with Gasteiger partial charge in [0.1, 0.15) is 23.2 Å². The average molecular weight is 957 g/mol. The van der Waals surface area contributed by atoms with Crippen molar-refractivity contribution in [2.75, 3.05) is 5.32 Å². The summed E-state index contributed by atoms with van der Waals surface area (Å²) < 4.78 is 15.0. The molecule has 0 spiro atoms. The third-order valence-corrected chi connectivity index (χ3v) is 13.6. The number of aromatic nitrogens is 1. The Kier molecular flexibility index (Phi) is 33.6. The Morgan fingerprint density at radius 1 is 0.884 bits per heavy atom. The van der Waals surface area contributed by atoms with Crippen LogP contribution >= 0.6 is 0 Å². The van der Waals surface area contributed by atoms with Crippen molar-refractivity contribution in [3.8, 4) is 11.3 Å². The highest BCUT2D eigenvalue weighted by Crippen LogP contribution is 2.52. The number of benzene rings is 1. The zero-order chi connectivity index (χ0) is 52.7. The minimum atomic E-state index is -0.486. The lowest BCUT2D eigenvalue weighted by molar-refractivity contribution is -0.128. The van der Waals surface area contributed by atoms with E-state index in [1.54, 1.807) is 25.2 Å². The Morgan fingerprint density at radius 2 is 1.49 bits per heavy atom. The van der Waals surface area contributed by atoms with Gasteiger partial charge in [0, 0.05) is 29.2 Å². The number of anilines is 1. The number of aryl methyl sites for hydroxylation is 1.